The fraction of sp³-hybridized carbons (Fsp3) is 0.571. The highest BCUT2D eigenvalue weighted by molar-refractivity contribution is 9.10. The first-order valence-corrected chi connectivity index (χ1v) is 3.99. The molecule has 0 fully saturated rings. The highest BCUT2D eigenvalue weighted by Crippen LogP contribution is 2.19. The molecule has 0 aliphatic heterocycles. The zero-order valence-corrected chi connectivity index (χ0v) is 8.01. The fourth-order valence-electron chi connectivity index (χ4n) is 0.772. The molecule has 10 heavy (non-hydrogen) atoms. The van der Waals surface area contributed by atoms with E-state index in [1.165, 1.54) is 0 Å². The van der Waals surface area contributed by atoms with E-state index in [0.717, 1.165) is 4.60 Å². The molecule has 1 aromatic rings. The van der Waals surface area contributed by atoms with Crippen molar-refractivity contribution in [2.24, 2.45) is 0 Å². The predicted octanol–water partition coefficient (Wildman–Crippen LogP) is 2.40. The van der Waals surface area contributed by atoms with Crippen LogP contribution >= 0.6 is 15.9 Å². The molecule has 0 aliphatic rings. The van der Waals surface area contributed by atoms with Crippen LogP contribution in [0.3, 0.4) is 0 Å². The van der Waals surface area contributed by atoms with Crippen LogP contribution in [-0.2, 0) is 5.54 Å². The number of rotatable bonds is 0. The molecule has 0 saturated carbocycles. The van der Waals surface area contributed by atoms with Crippen LogP contribution in [0.25, 0.3) is 0 Å². The molecule has 0 atom stereocenters. The summed E-state index contributed by atoms with van der Waals surface area (Å²) in [5.74, 6) is 0. The quantitative estimate of drug-likeness (QED) is 0.633. The second-order valence-corrected chi connectivity index (χ2v) is 4.07. The van der Waals surface area contributed by atoms with Gasteiger partial charge in [0.25, 0.3) is 0 Å². The van der Waals surface area contributed by atoms with Crippen molar-refractivity contribution in [1.82, 2.24) is 9.55 Å². The van der Waals surface area contributed by atoms with Crippen molar-refractivity contribution in [2.45, 2.75) is 26.3 Å². The third-order valence-electron chi connectivity index (χ3n) is 1.32. The van der Waals surface area contributed by atoms with E-state index in [9.17, 15) is 0 Å². The summed E-state index contributed by atoms with van der Waals surface area (Å²) in [5.41, 5.74) is 0.120. The molecule has 0 unspecified atom stereocenters. The average Bonchev–Trinajstić information content (AvgIpc) is 2.11. The van der Waals surface area contributed by atoms with Gasteiger partial charge in [-0.2, -0.15) is 0 Å². The lowest BCUT2D eigenvalue weighted by atomic mass is 10.1. The molecule has 0 aliphatic carbocycles. The van der Waals surface area contributed by atoms with Crippen LogP contribution in [-0.4, -0.2) is 9.55 Å². The maximum Gasteiger partial charge on any atom is 0.105 e. The summed E-state index contributed by atoms with van der Waals surface area (Å²) in [6, 6.07) is 0. The number of nitrogens with zero attached hydrogens (tertiary/aromatic N) is 2. The molecule has 0 aromatic carbocycles. The lowest BCUT2D eigenvalue weighted by Gasteiger charge is -2.21. The van der Waals surface area contributed by atoms with E-state index in [0.29, 0.717) is 0 Å². The summed E-state index contributed by atoms with van der Waals surface area (Å²) in [4.78, 5) is 4.00. The Morgan fingerprint density at radius 2 is 2.10 bits per heavy atom. The Balaban J connectivity index is 3.05. The van der Waals surface area contributed by atoms with E-state index in [1.54, 1.807) is 6.20 Å². The van der Waals surface area contributed by atoms with Crippen LogP contribution in [0.5, 0.6) is 0 Å². The van der Waals surface area contributed by atoms with Gasteiger partial charge in [-0.15, -0.1) is 0 Å². The van der Waals surface area contributed by atoms with Crippen molar-refractivity contribution >= 4 is 15.9 Å². The van der Waals surface area contributed by atoms with Gasteiger partial charge in [0.15, 0.2) is 0 Å². The van der Waals surface area contributed by atoms with Crippen molar-refractivity contribution < 1.29 is 0 Å². The Labute approximate surface area is 69.4 Å². The lowest BCUT2D eigenvalue weighted by Crippen LogP contribution is -2.20. The Kier molecular flexibility index (Phi) is 1.86. The highest BCUT2D eigenvalue weighted by Gasteiger charge is 2.14. The molecule has 1 aromatic heterocycles. The summed E-state index contributed by atoms with van der Waals surface area (Å²) in [5, 5.41) is 0. The fourth-order valence-corrected chi connectivity index (χ4v) is 1.51. The van der Waals surface area contributed by atoms with Gasteiger partial charge in [-0.05, 0) is 36.7 Å². The van der Waals surface area contributed by atoms with Crippen LogP contribution in [0.1, 0.15) is 20.8 Å². The maximum atomic E-state index is 4.00. The van der Waals surface area contributed by atoms with Crippen molar-refractivity contribution in [2.75, 3.05) is 0 Å². The first-order chi connectivity index (χ1) is 4.52. The first-order valence-electron chi connectivity index (χ1n) is 3.20. The third-order valence-corrected chi connectivity index (χ3v) is 1.90. The van der Waals surface area contributed by atoms with Gasteiger partial charge < -0.3 is 4.57 Å². The highest BCUT2D eigenvalue weighted by atomic mass is 79.9. The monoisotopic (exact) mass is 202 g/mol. The number of aromatic nitrogens is 2. The molecule has 0 N–H and O–H groups in total. The Morgan fingerprint density at radius 1 is 1.50 bits per heavy atom. The minimum Gasteiger partial charge on any atom is -0.320 e. The zero-order valence-electron chi connectivity index (χ0n) is 6.43. The van der Waals surface area contributed by atoms with E-state index < -0.39 is 0 Å². The summed E-state index contributed by atoms with van der Waals surface area (Å²) >= 11 is 3.40. The van der Waals surface area contributed by atoms with Gasteiger partial charge in [-0.1, -0.05) is 0 Å². The van der Waals surface area contributed by atoms with Gasteiger partial charge in [0, 0.05) is 5.54 Å². The Bertz CT molecular complexity index is 222. The van der Waals surface area contributed by atoms with Crippen LogP contribution in [0.2, 0.25) is 0 Å². The molecule has 56 valence electrons. The largest absolute Gasteiger partial charge is 0.320 e. The van der Waals surface area contributed by atoms with E-state index in [2.05, 4.69) is 46.3 Å². The van der Waals surface area contributed by atoms with E-state index in [4.69, 9.17) is 0 Å². The van der Waals surface area contributed by atoms with Crippen LogP contribution < -0.4 is 0 Å². The number of halogens is 1. The van der Waals surface area contributed by atoms with Gasteiger partial charge in [-0.3, -0.25) is 0 Å². The average molecular weight is 203 g/mol. The van der Waals surface area contributed by atoms with Gasteiger partial charge in [0.1, 0.15) is 4.60 Å². The lowest BCUT2D eigenvalue weighted by molar-refractivity contribution is 0.390. The van der Waals surface area contributed by atoms with Crippen LogP contribution in [0, 0.1) is 0 Å². The molecule has 1 heterocycles. The smallest absolute Gasteiger partial charge is 0.105 e. The van der Waals surface area contributed by atoms with Crippen molar-refractivity contribution in [3.8, 4) is 0 Å². The minimum atomic E-state index is 0.120. The normalized spacial score (nSPS) is 12.0. The van der Waals surface area contributed by atoms with Crippen molar-refractivity contribution in [3.05, 3.63) is 17.1 Å². The molecule has 0 saturated heterocycles. The predicted molar refractivity (Wildman–Crippen MR) is 44.9 cm³/mol. The summed E-state index contributed by atoms with van der Waals surface area (Å²) in [6.07, 6.45) is 3.62. The molecule has 0 radical (unpaired) electrons. The van der Waals surface area contributed by atoms with E-state index >= 15 is 0 Å². The van der Waals surface area contributed by atoms with E-state index in [-0.39, 0.29) is 5.54 Å². The molecule has 0 spiro atoms. The van der Waals surface area contributed by atoms with Gasteiger partial charge in [0.05, 0.1) is 12.5 Å². The number of imidazole rings is 1. The summed E-state index contributed by atoms with van der Waals surface area (Å²) in [7, 11) is 0. The molecule has 0 bridgehead atoms. The van der Waals surface area contributed by atoms with Crippen molar-refractivity contribution in [1.29, 1.82) is 0 Å². The van der Waals surface area contributed by atoms with Gasteiger partial charge in [0.2, 0.25) is 0 Å². The Morgan fingerprint density at radius 3 is 2.30 bits per heavy atom. The molecule has 0 amide bonds. The van der Waals surface area contributed by atoms with Gasteiger partial charge >= 0.3 is 0 Å². The summed E-state index contributed by atoms with van der Waals surface area (Å²) < 4.78 is 3.10. The maximum absolute atomic E-state index is 4.00. The minimum absolute atomic E-state index is 0.120. The van der Waals surface area contributed by atoms with Gasteiger partial charge in [-0.25, -0.2) is 4.98 Å². The number of hydrogen-bond acceptors (Lipinski definition) is 1. The Hall–Kier alpha value is -0.310. The molecule has 2 nitrogen and oxygen atoms in total. The van der Waals surface area contributed by atoms with Crippen LogP contribution in [0.4, 0.5) is 0 Å². The second-order valence-electron chi connectivity index (χ2n) is 3.26. The molecular formula is C7H11BrN2. The first kappa shape index (κ1) is 7.79. The zero-order chi connectivity index (χ0) is 7.78. The molecule has 1 rings (SSSR count). The SMILES string of the molecule is CC(C)(C)n1cncc1Br. The molecule has 3 heteroatoms. The van der Waals surface area contributed by atoms with Crippen LogP contribution in [0.15, 0.2) is 17.1 Å². The topological polar surface area (TPSA) is 17.8 Å². The third kappa shape index (κ3) is 1.40. The standard InChI is InChI=1S/C7H11BrN2/c1-7(2,3)10-5-9-4-6(10)8/h4-5H,1-3H3. The summed E-state index contributed by atoms with van der Waals surface area (Å²) in [6.45, 7) is 6.41. The van der Waals surface area contributed by atoms with Crippen molar-refractivity contribution in [3.63, 3.8) is 0 Å². The van der Waals surface area contributed by atoms with E-state index in [1.807, 2.05) is 6.33 Å². The number of hydrogen-bond donors (Lipinski definition) is 0. The second kappa shape index (κ2) is 2.38. The molecular weight excluding hydrogens is 192 g/mol.